The molecule has 0 radical (unpaired) electrons. The monoisotopic (exact) mass is 318 g/mol. The van der Waals surface area contributed by atoms with Crippen LogP contribution in [0.3, 0.4) is 0 Å². The predicted molar refractivity (Wildman–Crippen MR) is 88.8 cm³/mol. The van der Waals surface area contributed by atoms with Crippen LogP contribution >= 0.6 is 12.6 Å². The van der Waals surface area contributed by atoms with Crippen molar-refractivity contribution in [3.63, 3.8) is 0 Å². The lowest BCUT2D eigenvalue weighted by Crippen LogP contribution is -2.38. The molecule has 118 valence electrons. The fourth-order valence-electron chi connectivity index (χ4n) is 3.17. The zero-order valence-corrected chi connectivity index (χ0v) is 13.7. The van der Waals surface area contributed by atoms with Crippen molar-refractivity contribution in [2.24, 2.45) is 11.8 Å². The maximum Gasteiger partial charge on any atom is 0.224 e. The van der Waals surface area contributed by atoms with E-state index in [1.165, 1.54) is 0 Å². The molecule has 2 rings (SSSR count). The van der Waals surface area contributed by atoms with Crippen LogP contribution in [-0.4, -0.2) is 19.6 Å². The first-order valence-corrected chi connectivity index (χ1v) is 8.15. The molecule has 1 aromatic rings. The fourth-order valence-corrected chi connectivity index (χ4v) is 3.70. The van der Waals surface area contributed by atoms with Crippen molar-refractivity contribution >= 4 is 18.5 Å². The molecule has 22 heavy (non-hydrogen) atoms. The molecule has 1 N–H and O–H groups in total. The third-order valence-corrected chi connectivity index (χ3v) is 5.04. The van der Waals surface area contributed by atoms with Gasteiger partial charge in [0, 0.05) is 11.2 Å². The quantitative estimate of drug-likeness (QED) is 0.648. The Hall–Kier alpha value is -1.67. The van der Waals surface area contributed by atoms with E-state index in [0.29, 0.717) is 0 Å². The lowest BCUT2D eigenvalue weighted by Gasteiger charge is -2.34. The summed E-state index contributed by atoms with van der Waals surface area (Å²) in [5, 5.41) is 11.3. The number of carbonyl (C=O) groups excluding carboxylic acids is 1. The summed E-state index contributed by atoms with van der Waals surface area (Å²) in [5.41, 5.74) is 1.11. The Bertz CT molecular complexity index is 539. The highest BCUT2D eigenvalue weighted by Crippen LogP contribution is 2.42. The van der Waals surface area contributed by atoms with E-state index in [1.807, 2.05) is 30.3 Å². The summed E-state index contributed by atoms with van der Waals surface area (Å²) in [7, 11) is 1.64. The van der Waals surface area contributed by atoms with E-state index in [-0.39, 0.29) is 29.5 Å². The number of amides is 1. The molecule has 1 aliphatic carbocycles. The molecular weight excluding hydrogens is 296 g/mol. The van der Waals surface area contributed by atoms with Crippen molar-refractivity contribution in [1.29, 1.82) is 5.26 Å². The van der Waals surface area contributed by atoms with Crippen LogP contribution in [0.15, 0.2) is 24.3 Å². The van der Waals surface area contributed by atoms with Gasteiger partial charge in [0.05, 0.1) is 13.2 Å². The first-order valence-electron chi connectivity index (χ1n) is 7.64. The summed E-state index contributed by atoms with van der Waals surface area (Å²) in [6.45, 7) is 0.0713. The maximum atomic E-state index is 12.3. The lowest BCUT2D eigenvalue weighted by molar-refractivity contribution is -0.127. The molecule has 1 aliphatic rings. The molecule has 0 saturated heterocycles. The Balaban J connectivity index is 2.11. The van der Waals surface area contributed by atoms with Crippen LogP contribution in [0.5, 0.6) is 5.75 Å². The van der Waals surface area contributed by atoms with Gasteiger partial charge in [-0.25, -0.2) is 0 Å². The summed E-state index contributed by atoms with van der Waals surface area (Å²) in [5.74, 6) is 0.936. The average Bonchev–Trinajstić information content (AvgIpc) is 2.59. The fraction of sp³-hybridized carbons (Fsp3) is 0.529. The van der Waals surface area contributed by atoms with E-state index in [9.17, 15) is 4.79 Å². The van der Waals surface area contributed by atoms with Crippen LogP contribution in [0.2, 0.25) is 0 Å². The third kappa shape index (κ3) is 3.95. The zero-order valence-electron chi connectivity index (χ0n) is 12.8. The lowest BCUT2D eigenvalue weighted by atomic mass is 9.75. The predicted octanol–water partition coefficient (Wildman–Crippen LogP) is 3.11. The number of carbonyl (C=O) groups is 1. The normalized spacial score (nSPS) is 22.4. The molecule has 1 saturated carbocycles. The minimum Gasteiger partial charge on any atom is -0.497 e. The highest BCUT2D eigenvalue weighted by molar-refractivity contribution is 7.80. The van der Waals surface area contributed by atoms with E-state index in [1.54, 1.807) is 7.11 Å². The number of thiol groups is 1. The summed E-state index contributed by atoms with van der Waals surface area (Å²) >= 11 is 4.79. The van der Waals surface area contributed by atoms with Gasteiger partial charge in [-0.05, 0) is 36.5 Å². The van der Waals surface area contributed by atoms with Crippen molar-refractivity contribution in [3.05, 3.63) is 29.8 Å². The van der Waals surface area contributed by atoms with Gasteiger partial charge in [0.2, 0.25) is 5.91 Å². The molecule has 1 fully saturated rings. The molecular formula is C17H22N2O2S. The zero-order chi connectivity index (χ0) is 15.9. The highest BCUT2D eigenvalue weighted by atomic mass is 32.1. The van der Waals surface area contributed by atoms with Crippen LogP contribution in [0.25, 0.3) is 0 Å². The van der Waals surface area contributed by atoms with E-state index in [4.69, 9.17) is 22.6 Å². The second-order valence-electron chi connectivity index (χ2n) is 5.65. The van der Waals surface area contributed by atoms with E-state index in [0.717, 1.165) is 37.0 Å². The highest BCUT2D eigenvalue weighted by Gasteiger charge is 2.35. The van der Waals surface area contributed by atoms with Gasteiger partial charge in [0.15, 0.2) is 0 Å². The van der Waals surface area contributed by atoms with Crippen molar-refractivity contribution < 1.29 is 9.53 Å². The summed E-state index contributed by atoms with van der Waals surface area (Å²) in [4.78, 5) is 12.3. The molecule has 0 aliphatic heterocycles. The molecule has 0 bridgehead atoms. The second-order valence-corrected chi connectivity index (χ2v) is 6.21. The Morgan fingerprint density at radius 2 is 2.09 bits per heavy atom. The number of nitriles is 1. The maximum absolute atomic E-state index is 12.3. The van der Waals surface area contributed by atoms with Crippen LogP contribution < -0.4 is 10.1 Å². The molecule has 5 heteroatoms. The van der Waals surface area contributed by atoms with Crippen molar-refractivity contribution in [3.8, 4) is 11.8 Å². The van der Waals surface area contributed by atoms with Crippen LogP contribution in [0, 0.1) is 23.2 Å². The van der Waals surface area contributed by atoms with E-state index in [2.05, 4.69) is 5.32 Å². The van der Waals surface area contributed by atoms with Gasteiger partial charge in [-0.2, -0.15) is 17.9 Å². The van der Waals surface area contributed by atoms with Crippen molar-refractivity contribution in [1.82, 2.24) is 5.32 Å². The summed E-state index contributed by atoms with van der Waals surface area (Å²) < 4.78 is 5.18. The molecule has 3 atom stereocenters. The molecule has 4 nitrogen and oxygen atoms in total. The Morgan fingerprint density at radius 1 is 1.41 bits per heavy atom. The Morgan fingerprint density at radius 3 is 2.73 bits per heavy atom. The summed E-state index contributed by atoms with van der Waals surface area (Å²) in [6.07, 6.45) is 4.05. The molecule has 1 aromatic carbocycles. The van der Waals surface area contributed by atoms with Crippen LogP contribution in [0.1, 0.15) is 36.5 Å². The molecule has 1 amide bonds. The number of hydrogen-bond acceptors (Lipinski definition) is 4. The molecule has 1 unspecified atom stereocenters. The topological polar surface area (TPSA) is 62.1 Å². The molecule has 0 aromatic heterocycles. The SMILES string of the molecule is COc1ccc(C(S)[C@H]2CCCC[C@@H]2C(=O)NCC#N)cc1. The smallest absolute Gasteiger partial charge is 0.224 e. The van der Waals surface area contributed by atoms with Gasteiger partial charge in [0.1, 0.15) is 12.3 Å². The molecule has 0 heterocycles. The number of benzene rings is 1. The molecule has 0 spiro atoms. The number of nitrogens with one attached hydrogen (secondary N) is 1. The average molecular weight is 318 g/mol. The number of nitrogens with zero attached hydrogens (tertiary/aromatic N) is 1. The minimum atomic E-state index is -0.0632. The van der Waals surface area contributed by atoms with E-state index >= 15 is 0 Å². The number of methoxy groups -OCH3 is 1. The minimum absolute atomic E-state index is 0.0150. The Kier molecular flexibility index (Phi) is 6.14. The van der Waals surface area contributed by atoms with E-state index < -0.39 is 0 Å². The van der Waals surface area contributed by atoms with Crippen LogP contribution in [0.4, 0.5) is 0 Å². The van der Waals surface area contributed by atoms with Gasteiger partial charge < -0.3 is 10.1 Å². The second kappa shape index (κ2) is 8.09. The number of rotatable bonds is 5. The Labute approximate surface area is 137 Å². The first kappa shape index (κ1) is 16.7. The van der Waals surface area contributed by atoms with Crippen LogP contribution in [-0.2, 0) is 4.79 Å². The van der Waals surface area contributed by atoms with Gasteiger partial charge in [-0.3, -0.25) is 4.79 Å². The third-order valence-electron chi connectivity index (χ3n) is 4.36. The van der Waals surface area contributed by atoms with Gasteiger partial charge >= 0.3 is 0 Å². The number of hydrogen-bond donors (Lipinski definition) is 2. The number of ether oxygens (including phenoxy) is 1. The van der Waals surface area contributed by atoms with Gasteiger partial charge in [-0.15, -0.1) is 0 Å². The summed E-state index contributed by atoms with van der Waals surface area (Å²) in [6, 6.07) is 9.83. The van der Waals surface area contributed by atoms with Crippen molar-refractivity contribution in [2.45, 2.75) is 30.9 Å². The van der Waals surface area contributed by atoms with Crippen molar-refractivity contribution in [2.75, 3.05) is 13.7 Å². The first-order chi connectivity index (χ1) is 10.7. The van der Waals surface area contributed by atoms with Gasteiger partial charge in [-0.1, -0.05) is 25.0 Å². The van der Waals surface area contributed by atoms with Gasteiger partial charge in [0.25, 0.3) is 0 Å². The largest absolute Gasteiger partial charge is 0.497 e. The standard InChI is InChI=1S/C17H22N2O2S/c1-21-13-8-6-12(7-9-13)16(22)14-4-2-3-5-15(14)17(20)19-11-10-18/h6-9,14-16,22H,2-5,11H2,1H3,(H,19,20)/t14-,15-,16?/m0/s1.